The highest BCUT2D eigenvalue weighted by Crippen LogP contribution is 2.13. The molecule has 0 atom stereocenters. The molecule has 2 aromatic rings. The van der Waals surface area contributed by atoms with Crippen LogP contribution in [0.5, 0.6) is 5.95 Å². The van der Waals surface area contributed by atoms with E-state index >= 15 is 0 Å². The minimum Gasteiger partial charge on any atom is -0.539 e. The summed E-state index contributed by atoms with van der Waals surface area (Å²) in [6.45, 7) is 3.56. The molecule has 100 valence electrons. The largest absolute Gasteiger partial charge is 0.539 e. The van der Waals surface area contributed by atoms with Crippen molar-refractivity contribution >= 4 is 0 Å². The average Bonchev–Trinajstić information content (AvgIpc) is 2.82. The summed E-state index contributed by atoms with van der Waals surface area (Å²) >= 11 is 0. The number of hydrogen-bond donors (Lipinski definition) is 0. The summed E-state index contributed by atoms with van der Waals surface area (Å²) in [6, 6.07) is 9.51. The van der Waals surface area contributed by atoms with Crippen LogP contribution in [0.1, 0.15) is 5.69 Å². The molecule has 19 heavy (non-hydrogen) atoms. The molecular weight excluding hydrogens is 246 g/mol. The van der Waals surface area contributed by atoms with Gasteiger partial charge in [0.15, 0.2) is 5.95 Å². The Labute approximate surface area is 110 Å². The average molecular weight is 261 g/mol. The first-order chi connectivity index (χ1) is 9.34. The van der Waals surface area contributed by atoms with Gasteiger partial charge in [0, 0.05) is 25.2 Å². The molecule has 0 spiro atoms. The molecule has 1 aliphatic rings. The minimum absolute atomic E-state index is 0.379. The topological polar surface area (TPSA) is 65.4 Å². The fraction of sp³-hybridized carbons (Fsp3) is 0.385. The van der Waals surface area contributed by atoms with Crippen molar-refractivity contribution in [2.75, 3.05) is 26.3 Å². The molecule has 1 aromatic heterocycles. The first-order valence-corrected chi connectivity index (χ1v) is 6.28. The molecular formula is C13H15N3O3. The lowest BCUT2D eigenvalue weighted by Crippen LogP contribution is -2.42. The smallest absolute Gasteiger partial charge is 0.254 e. The molecule has 1 fully saturated rings. The second-order valence-electron chi connectivity index (χ2n) is 4.44. The van der Waals surface area contributed by atoms with Crippen molar-refractivity contribution in [1.29, 1.82) is 0 Å². The van der Waals surface area contributed by atoms with Crippen LogP contribution < -0.4 is 9.79 Å². The van der Waals surface area contributed by atoms with Crippen molar-refractivity contribution in [1.82, 2.24) is 10.2 Å². The van der Waals surface area contributed by atoms with E-state index in [-0.39, 0.29) is 5.95 Å². The van der Waals surface area contributed by atoms with Gasteiger partial charge in [0.25, 0.3) is 5.69 Å². The summed E-state index contributed by atoms with van der Waals surface area (Å²) in [5, 5.41) is 15.6. The van der Waals surface area contributed by atoms with E-state index in [1.807, 2.05) is 30.3 Å². The molecule has 1 aromatic carbocycles. The third-order valence-corrected chi connectivity index (χ3v) is 3.17. The predicted octanol–water partition coefficient (Wildman–Crippen LogP) is -0.143. The number of para-hydroxylation sites is 1. The van der Waals surface area contributed by atoms with Gasteiger partial charge in [0.05, 0.1) is 25.0 Å². The SMILES string of the molecule is [O-]c1on[n+](-c2ccccc2)c1CN1CCOCC1. The molecule has 0 bridgehead atoms. The molecule has 6 heteroatoms. The van der Waals surface area contributed by atoms with Crippen molar-refractivity contribution in [3.05, 3.63) is 36.0 Å². The maximum absolute atomic E-state index is 11.8. The summed E-state index contributed by atoms with van der Waals surface area (Å²) in [4.78, 5) is 2.16. The van der Waals surface area contributed by atoms with Crippen LogP contribution in [-0.2, 0) is 11.3 Å². The Bertz CT molecular complexity index is 535. The van der Waals surface area contributed by atoms with E-state index in [0.29, 0.717) is 25.5 Å². The normalized spacial score (nSPS) is 16.6. The third-order valence-electron chi connectivity index (χ3n) is 3.17. The zero-order valence-corrected chi connectivity index (χ0v) is 10.5. The monoisotopic (exact) mass is 261 g/mol. The van der Waals surface area contributed by atoms with E-state index in [1.54, 1.807) is 4.68 Å². The van der Waals surface area contributed by atoms with Gasteiger partial charge >= 0.3 is 0 Å². The number of aromatic nitrogens is 2. The van der Waals surface area contributed by atoms with Gasteiger partial charge in [-0.3, -0.25) is 4.90 Å². The van der Waals surface area contributed by atoms with E-state index in [9.17, 15) is 5.11 Å². The first-order valence-electron chi connectivity index (χ1n) is 6.28. The number of ether oxygens (including phenoxy) is 1. The highest BCUT2D eigenvalue weighted by atomic mass is 16.6. The zero-order valence-electron chi connectivity index (χ0n) is 10.5. The number of morpholine rings is 1. The molecule has 0 aliphatic carbocycles. The Morgan fingerprint density at radius 1 is 1.21 bits per heavy atom. The van der Waals surface area contributed by atoms with Gasteiger partial charge in [-0.05, 0) is 4.68 Å². The fourth-order valence-electron chi connectivity index (χ4n) is 2.14. The van der Waals surface area contributed by atoms with Crippen LogP contribution in [0.4, 0.5) is 0 Å². The second kappa shape index (κ2) is 5.38. The zero-order chi connectivity index (χ0) is 13.1. The van der Waals surface area contributed by atoms with Crippen LogP contribution in [0.15, 0.2) is 34.9 Å². The van der Waals surface area contributed by atoms with E-state index in [2.05, 4.69) is 10.2 Å². The lowest BCUT2D eigenvalue weighted by atomic mass is 10.3. The molecule has 0 saturated carbocycles. The van der Waals surface area contributed by atoms with Crippen molar-refractivity contribution < 1.29 is 19.0 Å². The van der Waals surface area contributed by atoms with E-state index in [1.165, 1.54) is 0 Å². The van der Waals surface area contributed by atoms with Crippen molar-refractivity contribution in [3.63, 3.8) is 0 Å². The molecule has 1 aliphatic heterocycles. The Morgan fingerprint density at radius 2 is 1.95 bits per heavy atom. The fourth-order valence-corrected chi connectivity index (χ4v) is 2.14. The summed E-state index contributed by atoms with van der Waals surface area (Å²) < 4.78 is 11.7. The summed E-state index contributed by atoms with van der Waals surface area (Å²) in [5.41, 5.74) is 1.38. The molecule has 0 N–H and O–H groups in total. The van der Waals surface area contributed by atoms with Crippen LogP contribution in [0, 0.1) is 0 Å². The van der Waals surface area contributed by atoms with Crippen LogP contribution in [0.25, 0.3) is 5.69 Å². The molecule has 0 radical (unpaired) electrons. The predicted molar refractivity (Wildman–Crippen MR) is 63.6 cm³/mol. The highest BCUT2D eigenvalue weighted by Gasteiger charge is 2.23. The van der Waals surface area contributed by atoms with Crippen LogP contribution in [0.3, 0.4) is 0 Å². The van der Waals surface area contributed by atoms with E-state index in [4.69, 9.17) is 9.26 Å². The Balaban J connectivity index is 1.86. The van der Waals surface area contributed by atoms with Gasteiger partial charge in [0.1, 0.15) is 0 Å². The molecule has 3 rings (SSSR count). The van der Waals surface area contributed by atoms with Gasteiger partial charge in [-0.25, -0.2) is 0 Å². The van der Waals surface area contributed by atoms with E-state index < -0.39 is 0 Å². The third kappa shape index (κ3) is 2.59. The second-order valence-corrected chi connectivity index (χ2v) is 4.44. The maximum Gasteiger partial charge on any atom is 0.254 e. The first kappa shape index (κ1) is 12.1. The number of hydrogen-bond acceptors (Lipinski definition) is 5. The Kier molecular flexibility index (Phi) is 3.43. The van der Waals surface area contributed by atoms with Crippen LogP contribution in [-0.4, -0.2) is 36.5 Å². The van der Waals surface area contributed by atoms with Crippen molar-refractivity contribution in [2.45, 2.75) is 6.54 Å². The van der Waals surface area contributed by atoms with Crippen molar-refractivity contribution in [2.24, 2.45) is 0 Å². The number of rotatable bonds is 3. The minimum atomic E-state index is -0.379. The lowest BCUT2D eigenvalue weighted by Gasteiger charge is -2.24. The van der Waals surface area contributed by atoms with Gasteiger partial charge < -0.3 is 14.4 Å². The van der Waals surface area contributed by atoms with Gasteiger partial charge in [-0.2, -0.15) is 0 Å². The maximum atomic E-state index is 11.8. The summed E-state index contributed by atoms with van der Waals surface area (Å²) in [5.74, 6) is -0.379. The quantitative estimate of drug-likeness (QED) is 0.719. The van der Waals surface area contributed by atoms with Crippen molar-refractivity contribution in [3.8, 4) is 11.6 Å². The standard InChI is InChI=1S/C13H15N3O3/c17-13-12(10-15-6-8-18-9-7-15)16(14-19-13)11-4-2-1-3-5-11/h1-5H,6-10H2. The number of nitrogens with zero attached hydrogens (tertiary/aromatic N) is 3. The number of benzene rings is 1. The molecule has 0 amide bonds. The summed E-state index contributed by atoms with van der Waals surface area (Å²) in [7, 11) is 0. The molecule has 1 saturated heterocycles. The molecule has 0 unspecified atom stereocenters. The van der Waals surface area contributed by atoms with Gasteiger partial charge in [-0.15, -0.1) is 0 Å². The van der Waals surface area contributed by atoms with Crippen LogP contribution in [0.2, 0.25) is 0 Å². The van der Waals surface area contributed by atoms with Crippen LogP contribution >= 0.6 is 0 Å². The van der Waals surface area contributed by atoms with Gasteiger partial charge in [-0.1, -0.05) is 18.2 Å². The van der Waals surface area contributed by atoms with E-state index in [0.717, 1.165) is 18.8 Å². The molecule has 6 nitrogen and oxygen atoms in total. The highest BCUT2D eigenvalue weighted by molar-refractivity contribution is 5.22. The lowest BCUT2D eigenvalue weighted by molar-refractivity contribution is -0.678. The Morgan fingerprint density at radius 3 is 2.68 bits per heavy atom. The molecule has 2 heterocycles. The Hall–Kier alpha value is -1.92. The van der Waals surface area contributed by atoms with Gasteiger partial charge in [0.2, 0.25) is 5.69 Å². The summed E-state index contributed by atoms with van der Waals surface area (Å²) in [6.07, 6.45) is 0.